The molecule has 0 unspecified atom stereocenters. The lowest BCUT2D eigenvalue weighted by Gasteiger charge is -2.34. The molecule has 1 aliphatic rings. The molecule has 1 aromatic rings. The van der Waals surface area contributed by atoms with Crippen LogP contribution < -0.4 is 5.73 Å². The molecule has 0 aromatic carbocycles. The van der Waals surface area contributed by atoms with Gasteiger partial charge in [0.05, 0.1) is 5.54 Å². The second-order valence-electron chi connectivity index (χ2n) is 6.68. The number of aromatic nitrogens is 2. The first-order valence-corrected chi connectivity index (χ1v) is 6.99. The molecule has 0 radical (unpaired) electrons. The van der Waals surface area contributed by atoms with Crippen molar-refractivity contribution in [2.75, 3.05) is 0 Å². The summed E-state index contributed by atoms with van der Waals surface area (Å²) < 4.78 is 5.36. The van der Waals surface area contributed by atoms with E-state index in [4.69, 9.17) is 10.3 Å². The molecule has 1 heterocycles. The summed E-state index contributed by atoms with van der Waals surface area (Å²) in [5.41, 5.74) is 5.98. The van der Waals surface area contributed by atoms with Crippen molar-refractivity contribution >= 4 is 0 Å². The summed E-state index contributed by atoms with van der Waals surface area (Å²) in [4.78, 5) is 4.53. The van der Waals surface area contributed by atoms with Crippen LogP contribution >= 0.6 is 0 Å². The van der Waals surface area contributed by atoms with E-state index >= 15 is 0 Å². The molecule has 18 heavy (non-hydrogen) atoms. The molecule has 2 N–H and O–H groups in total. The first kappa shape index (κ1) is 13.5. The molecule has 0 saturated heterocycles. The molecular formula is C14H25N3O. The SMILES string of the molecule is CCC1CCC(N)(c2noc(C(C)(C)C)n2)CC1. The normalized spacial score (nSPS) is 29.5. The highest BCUT2D eigenvalue weighted by molar-refractivity contribution is 5.08. The summed E-state index contributed by atoms with van der Waals surface area (Å²) in [6, 6.07) is 0. The van der Waals surface area contributed by atoms with E-state index in [9.17, 15) is 0 Å². The Kier molecular flexibility index (Phi) is 3.49. The van der Waals surface area contributed by atoms with Crippen LogP contribution in [0.1, 0.15) is 71.5 Å². The van der Waals surface area contributed by atoms with E-state index < -0.39 is 0 Å². The van der Waals surface area contributed by atoms with Crippen molar-refractivity contribution in [1.29, 1.82) is 0 Å². The van der Waals surface area contributed by atoms with Crippen LogP contribution in [-0.2, 0) is 11.0 Å². The van der Waals surface area contributed by atoms with Crippen LogP contribution in [0, 0.1) is 5.92 Å². The summed E-state index contributed by atoms with van der Waals surface area (Å²) in [6.07, 6.45) is 5.53. The largest absolute Gasteiger partial charge is 0.339 e. The minimum absolute atomic E-state index is 0.109. The topological polar surface area (TPSA) is 64.9 Å². The van der Waals surface area contributed by atoms with Crippen molar-refractivity contribution in [2.24, 2.45) is 11.7 Å². The lowest BCUT2D eigenvalue weighted by atomic mass is 9.76. The highest BCUT2D eigenvalue weighted by atomic mass is 16.5. The molecule has 2 rings (SSSR count). The number of rotatable bonds is 2. The van der Waals surface area contributed by atoms with Gasteiger partial charge in [0.25, 0.3) is 0 Å². The Labute approximate surface area is 109 Å². The summed E-state index contributed by atoms with van der Waals surface area (Å²) in [7, 11) is 0. The van der Waals surface area contributed by atoms with Crippen molar-refractivity contribution in [1.82, 2.24) is 10.1 Å². The summed E-state index contributed by atoms with van der Waals surface area (Å²) in [6.45, 7) is 8.46. The first-order valence-electron chi connectivity index (χ1n) is 6.99. The number of hydrogen-bond donors (Lipinski definition) is 1. The van der Waals surface area contributed by atoms with Crippen LogP contribution in [0.4, 0.5) is 0 Å². The fourth-order valence-corrected chi connectivity index (χ4v) is 2.55. The molecule has 0 bridgehead atoms. The molecule has 4 heteroatoms. The Morgan fingerprint density at radius 2 is 1.94 bits per heavy atom. The lowest BCUT2D eigenvalue weighted by molar-refractivity contribution is 0.215. The maximum Gasteiger partial charge on any atom is 0.232 e. The van der Waals surface area contributed by atoms with Gasteiger partial charge < -0.3 is 10.3 Å². The predicted molar refractivity (Wildman–Crippen MR) is 71.1 cm³/mol. The third-order valence-corrected chi connectivity index (χ3v) is 4.09. The standard InChI is InChI=1S/C14H25N3O/c1-5-10-6-8-14(15,9-7-10)11-16-12(18-17-11)13(2,3)4/h10H,5-9,15H2,1-4H3. The second-order valence-corrected chi connectivity index (χ2v) is 6.68. The minimum atomic E-state index is -0.376. The average Bonchev–Trinajstić information content (AvgIpc) is 2.79. The molecule has 0 spiro atoms. The Bertz CT molecular complexity index is 397. The van der Waals surface area contributed by atoms with Gasteiger partial charge in [-0.2, -0.15) is 4.98 Å². The van der Waals surface area contributed by atoms with Gasteiger partial charge in [-0.05, 0) is 31.6 Å². The van der Waals surface area contributed by atoms with Gasteiger partial charge in [-0.25, -0.2) is 0 Å². The van der Waals surface area contributed by atoms with Crippen molar-refractivity contribution < 1.29 is 4.52 Å². The van der Waals surface area contributed by atoms with Crippen molar-refractivity contribution in [3.8, 4) is 0 Å². The Hall–Kier alpha value is -0.900. The fraction of sp³-hybridized carbons (Fsp3) is 0.857. The molecular weight excluding hydrogens is 226 g/mol. The summed E-state index contributed by atoms with van der Waals surface area (Å²) in [5, 5.41) is 4.12. The predicted octanol–water partition coefficient (Wildman–Crippen LogP) is 3.12. The maximum atomic E-state index is 6.47. The van der Waals surface area contributed by atoms with Gasteiger partial charge in [-0.3, -0.25) is 0 Å². The van der Waals surface area contributed by atoms with E-state index in [0.717, 1.165) is 18.8 Å². The van der Waals surface area contributed by atoms with E-state index in [1.54, 1.807) is 0 Å². The zero-order valence-corrected chi connectivity index (χ0v) is 12.0. The van der Waals surface area contributed by atoms with E-state index in [-0.39, 0.29) is 11.0 Å². The van der Waals surface area contributed by atoms with Gasteiger partial charge in [-0.15, -0.1) is 0 Å². The molecule has 4 nitrogen and oxygen atoms in total. The third kappa shape index (κ3) is 2.58. The molecule has 0 aliphatic heterocycles. The van der Waals surface area contributed by atoms with Crippen molar-refractivity contribution in [3.63, 3.8) is 0 Å². The van der Waals surface area contributed by atoms with Gasteiger partial charge in [-0.1, -0.05) is 39.3 Å². The second kappa shape index (κ2) is 4.65. The quantitative estimate of drug-likeness (QED) is 0.877. The Balaban J connectivity index is 2.14. The van der Waals surface area contributed by atoms with E-state index in [1.807, 2.05) is 0 Å². The van der Waals surface area contributed by atoms with Crippen LogP contribution in [0.15, 0.2) is 4.52 Å². The summed E-state index contributed by atoms with van der Waals surface area (Å²) in [5.74, 6) is 2.19. The van der Waals surface area contributed by atoms with Crippen LogP contribution in [0.3, 0.4) is 0 Å². The highest BCUT2D eigenvalue weighted by Crippen LogP contribution is 2.37. The zero-order chi connectivity index (χ0) is 13.4. The zero-order valence-electron chi connectivity index (χ0n) is 12.0. The molecule has 1 saturated carbocycles. The monoisotopic (exact) mass is 251 g/mol. The summed E-state index contributed by atoms with van der Waals surface area (Å²) >= 11 is 0. The Morgan fingerprint density at radius 1 is 1.33 bits per heavy atom. The maximum absolute atomic E-state index is 6.47. The van der Waals surface area contributed by atoms with E-state index in [0.29, 0.717) is 11.7 Å². The van der Waals surface area contributed by atoms with Crippen LogP contribution in [0.5, 0.6) is 0 Å². The molecule has 1 aromatic heterocycles. The van der Waals surface area contributed by atoms with Crippen LogP contribution in [-0.4, -0.2) is 10.1 Å². The number of nitrogens with zero attached hydrogens (tertiary/aromatic N) is 2. The van der Waals surface area contributed by atoms with E-state index in [1.165, 1.54) is 19.3 Å². The highest BCUT2D eigenvalue weighted by Gasteiger charge is 2.37. The van der Waals surface area contributed by atoms with Gasteiger partial charge >= 0.3 is 0 Å². The molecule has 1 fully saturated rings. The Morgan fingerprint density at radius 3 is 2.39 bits per heavy atom. The van der Waals surface area contributed by atoms with Gasteiger partial charge in [0, 0.05) is 5.41 Å². The van der Waals surface area contributed by atoms with Crippen LogP contribution in [0.25, 0.3) is 0 Å². The smallest absolute Gasteiger partial charge is 0.232 e. The molecule has 1 aliphatic carbocycles. The van der Waals surface area contributed by atoms with E-state index in [2.05, 4.69) is 37.8 Å². The molecule has 0 atom stereocenters. The number of hydrogen-bond acceptors (Lipinski definition) is 4. The lowest BCUT2D eigenvalue weighted by Crippen LogP contribution is -2.41. The number of nitrogens with two attached hydrogens (primary N) is 1. The van der Waals surface area contributed by atoms with Crippen molar-refractivity contribution in [3.05, 3.63) is 11.7 Å². The van der Waals surface area contributed by atoms with Crippen molar-refractivity contribution in [2.45, 2.75) is 70.8 Å². The van der Waals surface area contributed by atoms with Gasteiger partial charge in [0.1, 0.15) is 0 Å². The van der Waals surface area contributed by atoms with Crippen LogP contribution in [0.2, 0.25) is 0 Å². The molecule has 0 amide bonds. The van der Waals surface area contributed by atoms with Gasteiger partial charge in [0.15, 0.2) is 5.82 Å². The fourth-order valence-electron chi connectivity index (χ4n) is 2.55. The average molecular weight is 251 g/mol. The first-order chi connectivity index (χ1) is 8.35. The molecule has 102 valence electrons. The third-order valence-electron chi connectivity index (χ3n) is 4.09. The van der Waals surface area contributed by atoms with Gasteiger partial charge in [0.2, 0.25) is 5.89 Å². The minimum Gasteiger partial charge on any atom is -0.339 e.